The molecular weight excluding hydrogens is 563 g/mol. The molecule has 0 bridgehead atoms. The lowest BCUT2D eigenvalue weighted by Crippen LogP contribution is -2.46. The molecule has 0 radical (unpaired) electrons. The molecule has 0 aliphatic heterocycles. The van der Waals surface area contributed by atoms with Gasteiger partial charge < -0.3 is 24.6 Å². The van der Waals surface area contributed by atoms with Crippen LogP contribution in [0.3, 0.4) is 0 Å². The van der Waals surface area contributed by atoms with E-state index < -0.39 is 25.4 Å². The molecule has 3 aromatic rings. The number of benzene rings is 2. The smallest absolute Gasteiger partial charge is 0.470 e. The predicted molar refractivity (Wildman–Crippen MR) is 150 cm³/mol. The van der Waals surface area contributed by atoms with Crippen LogP contribution in [0.5, 0.6) is 5.75 Å². The van der Waals surface area contributed by atoms with Crippen molar-refractivity contribution in [1.29, 1.82) is 5.26 Å². The number of carbonyl (C=O) groups is 1. The minimum Gasteiger partial charge on any atom is -0.489 e. The minimum absolute atomic E-state index is 0.0775. The van der Waals surface area contributed by atoms with E-state index in [1.807, 2.05) is 26.0 Å². The number of ether oxygens (including phenoxy) is 2. The number of rotatable bonds is 13. The van der Waals surface area contributed by atoms with Crippen LogP contribution in [-0.2, 0) is 20.2 Å². The average molecular weight is 593 g/mol. The Morgan fingerprint density at radius 3 is 2.44 bits per heavy atom. The summed E-state index contributed by atoms with van der Waals surface area (Å²) in [6.45, 7) is 5.78. The third kappa shape index (κ3) is 9.75. The first-order valence-corrected chi connectivity index (χ1v) is 14.8. The standard InChI is InChI=1S/C27H30ClN2O7PS/c1-4-35-26(31)19-7-5-18(6-8-19)20-9-10-21(15-29)24(13-20)36-17-22(37-38(32,33)34)16-30-27(2,3)14-23-11-12-25(28)39-23/h5-13,22,30H,4,14,16-17H2,1-3H3,(H2,32,33,34). The summed E-state index contributed by atoms with van der Waals surface area (Å²) < 4.78 is 28.2. The van der Waals surface area contributed by atoms with Gasteiger partial charge in [-0.15, -0.1) is 11.3 Å². The lowest BCUT2D eigenvalue weighted by molar-refractivity contribution is 0.0526. The number of hydrogen-bond donors (Lipinski definition) is 3. The van der Waals surface area contributed by atoms with Crippen molar-refractivity contribution < 1.29 is 33.1 Å². The van der Waals surface area contributed by atoms with Gasteiger partial charge in [-0.2, -0.15) is 5.26 Å². The molecule has 0 saturated heterocycles. The maximum atomic E-state index is 11.9. The monoisotopic (exact) mass is 592 g/mol. The van der Waals surface area contributed by atoms with Crippen LogP contribution >= 0.6 is 30.8 Å². The molecule has 3 N–H and O–H groups in total. The second-order valence-corrected chi connectivity index (χ2v) is 12.3. The van der Waals surface area contributed by atoms with Gasteiger partial charge in [0.15, 0.2) is 0 Å². The van der Waals surface area contributed by atoms with Crippen LogP contribution in [0.25, 0.3) is 11.1 Å². The zero-order chi connectivity index (χ0) is 28.6. The number of hydrogen-bond acceptors (Lipinski definition) is 8. The number of nitriles is 1. The van der Waals surface area contributed by atoms with Crippen molar-refractivity contribution in [2.24, 2.45) is 0 Å². The molecule has 0 amide bonds. The minimum atomic E-state index is -4.82. The molecule has 208 valence electrons. The third-order valence-corrected chi connectivity index (χ3v) is 7.40. The van der Waals surface area contributed by atoms with Crippen LogP contribution in [0.2, 0.25) is 4.34 Å². The van der Waals surface area contributed by atoms with E-state index in [4.69, 9.17) is 25.6 Å². The van der Waals surface area contributed by atoms with Crippen molar-refractivity contribution in [2.75, 3.05) is 19.8 Å². The SMILES string of the molecule is CCOC(=O)c1ccc(-c2ccc(C#N)c(OCC(CNC(C)(C)Cc3ccc(Cl)s3)OP(=O)(O)O)c2)cc1. The van der Waals surface area contributed by atoms with Crippen molar-refractivity contribution in [1.82, 2.24) is 5.32 Å². The highest BCUT2D eigenvalue weighted by molar-refractivity contribution is 7.46. The highest BCUT2D eigenvalue weighted by atomic mass is 35.5. The number of esters is 1. The van der Waals surface area contributed by atoms with Crippen LogP contribution in [0.1, 0.15) is 41.6 Å². The fraction of sp³-hybridized carbons (Fsp3) is 0.333. The molecule has 1 atom stereocenters. The van der Waals surface area contributed by atoms with Crippen molar-refractivity contribution >= 4 is 36.7 Å². The van der Waals surface area contributed by atoms with Crippen molar-refractivity contribution in [2.45, 2.75) is 38.8 Å². The molecule has 2 aromatic carbocycles. The number of halogens is 1. The van der Waals surface area contributed by atoms with Gasteiger partial charge in [0, 0.05) is 17.0 Å². The van der Waals surface area contributed by atoms with Crippen LogP contribution in [0.15, 0.2) is 54.6 Å². The molecule has 1 aromatic heterocycles. The highest BCUT2D eigenvalue weighted by Gasteiger charge is 2.27. The summed E-state index contributed by atoms with van der Waals surface area (Å²) in [5.41, 5.74) is 1.73. The molecule has 0 aliphatic rings. The van der Waals surface area contributed by atoms with E-state index in [2.05, 4.69) is 11.4 Å². The molecule has 3 rings (SSSR count). The lowest BCUT2D eigenvalue weighted by Gasteiger charge is -2.29. The lowest BCUT2D eigenvalue weighted by atomic mass is 9.99. The van der Waals surface area contributed by atoms with Gasteiger partial charge in [0.05, 0.1) is 22.1 Å². The van der Waals surface area contributed by atoms with Gasteiger partial charge >= 0.3 is 13.8 Å². The molecular formula is C27H30ClN2O7PS. The van der Waals surface area contributed by atoms with Gasteiger partial charge in [-0.25, -0.2) is 9.36 Å². The zero-order valence-corrected chi connectivity index (χ0v) is 24.2. The molecule has 0 aliphatic carbocycles. The van der Waals surface area contributed by atoms with Gasteiger partial charge in [-0.3, -0.25) is 4.52 Å². The van der Waals surface area contributed by atoms with E-state index in [0.717, 1.165) is 16.0 Å². The van der Waals surface area contributed by atoms with Gasteiger partial charge in [0.1, 0.15) is 24.5 Å². The van der Waals surface area contributed by atoms with Crippen LogP contribution < -0.4 is 10.1 Å². The molecule has 0 saturated carbocycles. The van der Waals surface area contributed by atoms with Gasteiger partial charge in [-0.05, 0) is 74.7 Å². The number of nitrogens with one attached hydrogen (secondary N) is 1. The largest absolute Gasteiger partial charge is 0.489 e. The number of phosphoric ester groups is 1. The molecule has 0 spiro atoms. The van der Waals surface area contributed by atoms with E-state index in [1.165, 1.54) is 11.3 Å². The zero-order valence-electron chi connectivity index (χ0n) is 21.7. The maximum absolute atomic E-state index is 11.9. The summed E-state index contributed by atoms with van der Waals surface area (Å²) in [5, 5.41) is 12.9. The maximum Gasteiger partial charge on any atom is 0.470 e. The van der Waals surface area contributed by atoms with Crippen LogP contribution in [0, 0.1) is 11.3 Å². The van der Waals surface area contributed by atoms with Crippen LogP contribution in [-0.4, -0.2) is 47.2 Å². The first kappa shape index (κ1) is 30.8. The Bertz CT molecular complexity index is 1370. The van der Waals surface area contributed by atoms with Crippen molar-refractivity contribution in [3.05, 3.63) is 74.9 Å². The van der Waals surface area contributed by atoms with Crippen molar-refractivity contribution in [3.8, 4) is 22.9 Å². The summed E-state index contributed by atoms with van der Waals surface area (Å²) >= 11 is 7.49. The Kier molecular flexibility index (Phi) is 10.7. The normalized spacial score (nSPS) is 12.5. The third-order valence-electron chi connectivity index (χ3n) is 5.60. The Morgan fingerprint density at radius 2 is 1.85 bits per heavy atom. The highest BCUT2D eigenvalue weighted by Crippen LogP contribution is 2.38. The van der Waals surface area contributed by atoms with E-state index in [-0.39, 0.29) is 31.1 Å². The first-order valence-electron chi connectivity index (χ1n) is 12.1. The topological polar surface area (TPSA) is 138 Å². The number of thiophene rings is 1. The van der Waals surface area contributed by atoms with E-state index in [0.29, 0.717) is 16.3 Å². The fourth-order valence-corrected chi connectivity index (χ4v) is 5.61. The van der Waals surface area contributed by atoms with Crippen molar-refractivity contribution in [3.63, 3.8) is 0 Å². The summed E-state index contributed by atoms with van der Waals surface area (Å²) in [6.07, 6.45) is -0.375. The fourth-order valence-electron chi connectivity index (χ4n) is 3.77. The number of nitrogens with zero attached hydrogens (tertiary/aromatic N) is 1. The quantitative estimate of drug-likeness (QED) is 0.171. The Morgan fingerprint density at radius 1 is 1.15 bits per heavy atom. The van der Waals surface area contributed by atoms with E-state index >= 15 is 0 Å². The van der Waals surface area contributed by atoms with Crippen LogP contribution in [0.4, 0.5) is 0 Å². The summed E-state index contributed by atoms with van der Waals surface area (Å²) in [6, 6.07) is 17.6. The predicted octanol–water partition coefficient (Wildman–Crippen LogP) is 5.58. The average Bonchev–Trinajstić information content (AvgIpc) is 3.28. The van der Waals surface area contributed by atoms with Gasteiger partial charge in [0.2, 0.25) is 0 Å². The molecule has 39 heavy (non-hydrogen) atoms. The van der Waals surface area contributed by atoms with E-state index in [9.17, 15) is 24.4 Å². The Balaban J connectivity index is 1.73. The molecule has 1 unspecified atom stereocenters. The second-order valence-electron chi connectivity index (χ2n) is 9.30. The molecule has 1 heterocycles. The number of phosphoric acid groups is 1. The summed E-state index contributed by atoms with van der Waals surface area (Å²) in [4.78, 5) is 31.9. The number of carbonyl (C=O) groups excluding carboxylic acids is 1. The summed E-state index contributed by atoms with van der Waals surface area (Å²) in [7, 11) is -4.82. The summed E-state index contributed by atoms with van der Waals surface area (Å²) in [5.74, 6) is -0.184. The van der Waals surface area contributed by atoms with Gasteiger partial charge in [-0.1, -0.05) is 29.8 Å². The first-order chi connectivity index (χ1) is 18.4. The molecule has 0 fully saturated rings. The Hall–Kier alpha value is -2.74. The van der Waals surface area contributed by atoms with E-state index in [1.54, 1.807) is 49.4 Å². The molecule has 9 nitrogen and oxygen atoms in total. The molecule has 12 heteroatoms. The van der Waals surface area contributed by atoms with Gasteiger partial charge in [0.25, 0.3) is 0 Å². The Labute approximate surface area is 236 Å². The second kappa shape index (κ2) is 13.6.